The van der Waals surface area contributed by atoms with E-state index in [2.05, 4.69) is 22.7 Å². The van der Waals surface area contributed by atoms with Crippen LogP contribution in [0, 0.1) is 0 Å². The Morgan fingerprint density at radius 1 is 1.56 bits per heavy atom. The summed E-state index contributed by atoms with van der Waals surface area (Å²) in [5.41, 5.74) is 3.73. The molecular formula is C11H16N4O. The first kappa shape index (κ1) is 10.9. The number of rotatable bonds is 3. The maximum atomic E-state index is 11.3. The second-order valence-corrected chi connectivity index (χ2v) is 3.89. The van der Waals surface area contributed by atoms with Crippen LogP contribution in [0.4, 0.5) is 4.79 Å². The minimum absolute atomic E-state index is 0.131. The predicted octanol–water partition coefficient (Wildman–Crippen LogP) is 0.890. The van der Waals surface area contributed by atoms with Crippen LogP contribution in [0.25, 0.3) is 0 Å². The van der Waals surface area contributed by atoms with Crippen LogP contribution < -0.4 is 10.7 Å². The van der Waals surface area contributed by atoms with Gasteiger partial charge < -0.3 is 5.32 Å². The van der Waals surface area contributed by atoms with E-state index in [9.17, 15) is 4.79 Å². The van der Waals surface area contributed by atoms with Crippen molar-refractivity contribution in [3.63, 3.8) is 0 Å². The molecule has 1 unspecified atom stereocenters. The standard InChI is InChI=1S/C11H16N4O/c1-2-9-7-15(14-11(16)13-9)8-10-5-3-4-6-12-10/h3-6,9H,2,7-8H2,1H3,(H2,13,14,16). The van der Waals surface area contributed by atoms with Gasteiger partial charge in [-0.3, -0.25) is 10.4 Å². The average molecular weight is 220 g/mol. The molecule has 0 saturated carbocycles. The molecule has 1 aromatic rings. The van der Waals surface area contributed by atoms with Crippen LogP contribution in [0.3, 0.4) is 0 Å². The summed E-state index contributed by atoms with van der Waals surface area (Å²) in [5, 5.41) is 4.77. The summed E-state index contributed by atoms with van der Waals surface area (Å²) < 4.78 is 0. The van der Waals surface area contributed by atoms with Crippen LogP contribution >= 0.6 is 0 Å². The molecule has 1 fully saturated rings. The van der Waals surface area contributed by atoms with E-state index in [1.165, 1.54) is 0 Å². The van der Waals surface area contributed by atoms with E-state index in [1.807, 2.05) is 23.2 Å². The maximum absolute atomic E-state index is 11.3. The van der Waals surface area contributed by atoms with Crippen LogP contribution in [-0.2, 0) is 6.54 Å². The van der Waals surface area contributed by atoms with E-state index < -0.39 is 0 Å². The van der Waals surface area contributed by atoms with Crippen LogP contribution in [-0.4, -0.2) is 28.6 Å². The monoisotopic (exact) mass is 220 g/mol. The number of nitrogens with zero attached hydrogens (tertiary/aromatic N) is 2. The summed E-state index contributed by atoms with van der Waals surface area (Å²) >= 11 is 0. The van der Waals surface area contributed by atoms with Crippen molar-refractivity contribution in [2.75, 3.05) is 6.54 Å². The van der Waals surface area contributed by atoms with Gasteiger partial charge in [-0.15, -0.1) is 0 Å². The number of hydrazine groups is 1. The number of hydrogen-bond acceptors (Lipinski definition) is 3. The molecule has 0 radical (unpaired) electrons. The lowest BCUT2D eigenvalue weighted by Gasteiger charge is -2.33. The van der Waals surface area contributed by atoms with Gasteiger partial charge >= 0.3 is 6.03 Å². The highest BCUT2D eigenvalue weighted by Crippen LogP contribution is 2.04. The highest BCUT2D eigenvalue weighted by Gasteiger charge is 2.22. The second-order valence-electron chi connectivity index (χ2n) is 3.89. The normalized spacial score (nSPS) is 21.3. The Hall–Kier alpha value is -1.62. The summed E-state index contributed by atoms with van der Waals surface area (Å²) in [5.74, 6) is 0. The molecule has 2 heterocycles. The fraction of sp³-hybridized carbons (Fsp3) is 0.455. The van der Waals surface area contributed by atoms with Crippen molar-refractivity contribution < 1.29 is 4.79 Å². The minimum Gasteiger partial charge on any atom is -0.333 e. The Labute approximate surface area is 94.8 Å². The summed E-state index contributed by atoms with van der Waals surface area (Å²) in [6.07, 6.45) is 2.70. The molecule has 1 aromatic heterocycles. The van der Waals surface area contributed by atoms with E-state index >= 15 is 0 Å². The van der Waals surface area contributed by atoms with Gasteiger partial charge in [-0.1, -0.05) is 13.0 Å². The van der Waals surface area contributed by atoms with E-state index in [0.717, 1.165) is 18.7 Å². The molecule has 1 aliphatic heterocycles. The Balaban J connectivity index is 1.97. The minimum atomic E-state index is -0.131. The molecule has 5 heteroatoms. The zero-order valence-electron chi connectivity index (χ0n) is 9.31. The van der Waals surface area contributed by atoms with Gasteiger partial charge in [-0.25, -0.2) is 9.80 Å². The van der Waals surface area contributed by atoms with Crippen LogP contribution in [0.1, 0.15) is 19.0 Å². The average Bonchev–Trinajstić information content (AvgIpc) is 2.29. The van der Waals surface area contributed by atoms with Crippen molar-refractivity contribution in [3.05, 3.63) is 30.1 Å². The van der Waals surface area contributed by atoms with Crippen molar-refractivity contribution >= 4 is 6.03 Å². The molecule has 1 aliphatic rings. The molecule has 5 nitrogen and oxygen atoms in total. The smallest absolute Gasteiger partial charge is 0.329 e. The van der Waals surface area contributed by atoms with Crippen molar-refractivity contribution in [2.24, 2.45) is 0 Å². The van der Waals surface area contributed by atoms with E-state index in [4.69, 9.17) is 0 Å². The lowest BCUT2D eigenvalue weighted by atomic mass is 10.2. The van der Waals surface area contributed by atoms with Crippen LogP contribution in [0.15, 0.2) is 24.4 Å². The summed E-state index contributed by atoms with van der Waals surface area (Å²) in [6, 6.07) is 5.87. The van der Waals surface area contributed by atoms with Crippen molar-refractivity contribution in [3.8, 4) is 0 Å². The molecule has 2 amide bonds. The van der Waals surface area contributed by atoms with Gasteiger partial charge in [0.1, 0.15) is 0 Å². The number of nitrogens with one attached hydrogen (secondary N) is 2. The Morgan fingerprint density at radius 3 is 3.12 bits per heavy atom. The predicted molar refractivity (Wildman–Crippen MR) is 60.4 cm³/mol. The van der Waals surface area contributed by atoms with Gasteiger partial charge in [-0.05, 0) is 18.6 Å². The van der Waals surface area contributed by atoms with Gasteiger partial charge in [0.25, 0.3) is 0 Å². The molecule has 0 aliphatic carbocycles. The van der Waals surface area contributed by atoms with E-state index in [1.54, 1.807) is 6.20 Å². The third-order valence-electron chi connectivity index (χ3n) is 2.61. The molecule has 16 heavy (non-hydrogen) atoms. The summed E-state index contributed by atoms with van der Waals surface area (Å²) in [4.78, 5) is 15.6. The fourth-order valence-corrected chi connectivity index (χ4v) is 1.74. The molecule has 86 valence electrons. The zero-order chi connectivity index (χ0) is 11.4. The molecule has 0 spiro atoms. The lowest BCUT2D eigenvalue weighted by Crippen LogP contribution is -2.60. The number of urea groups is 1. The van der Waals surface area contributed by atoms with E-state index in [-0.39, 0.29) is 12.1 Å². The quantitative estimate of drug-likeness (QED) is 0.795. The number of aromatic nitrogens is 1. The molecule has 1 saturated heterocycles. The number of hydrogen-bond donors (Lipinski definition) is 2. The number of pyridine rings is 1. The topological polar surface area (TPSA) is 57.3 Å². The molecule has 2 rings (SSSR count). The third-order valence-corrected chi connectivity index (χ3v) is 2.61. The Morgan fingerprint density at radius 2 is 2.44 bits per heavy atom. The largest absolute Gasteiger partial charge is 0.333 e. The number of carbonyl (C=O) groups excluding carboxylic acids is 1. The van der Waals surface area contributed by atoms with Gasteiger partial charge in [-0.2, -0.15) is 0 Å². The molecule has 2 N–H and O–H groups in total. The summed E-state index contributed by atoms with van der Waals surface area (Å²) in [7, 11) is 0. The highest BCUT2D eigenvalue weighted by atomic mass is 16.2. The van der Waals surface area contributed by atoms with Gasteiger partial charge in [0, 0.05) is 18.8 Å². The number of carbonyl (C=O) groups is 1. The molecule has 0 bridgehead atoms. The van der Waals surface area contributed by atoms with Gasteiger partial charge in [0.15, 0.2) is 0 Å². The first-order valence-electron chi connectivity index (χ1n) is 5.50. The van der Waals surface area contributed by atoms with Crippen molar-refractivity contribution in [1.29, 1.82) is 0 Å². The SMILES string of the molecule is CCC1CN(Cc2ccccn2)NC(=O)N1. The number of amides is 2. The maximum Gasteiger partial charge on any atom is 0.329 e. The van der Waals surface area contributed by atoms with Crippen molar-refractivity contribution in [1.82, 2.24) is 20.7 Å². The highest BCUT2D eigenvalue weighted by molar-refractivity contribution is 5.74. The molecule has 0 aromatic carbocycles. The fourth-order valence-electron chi connectivity index (χ4n) is 1.74. The van der Waals surface area contributed by atoms with Crippen molar-refractivity contribution in [2.45, 2.75) is 25.9 Å². The Bertz CT molecular complexity index is 354. The van der Waals surface area contributed by atoms with Crippen LogP contribution in [0.2, 0.25) is 0 Å². The lowest BCUT2D eigenvalue weighted by molar-refractivity contribution is 0.127. The molecular weight excluding hydrogens is 204 g/mol. The molecule has 1 atom stereocenters. The zero-order valence-corrected chi connectivity index (χ0v) is 9.31. The third kappa shape index (κ3) is 2.70. The van der Waals surface area contributed by atoms with Gasteiger partial charge in [0.2, 0.25) is 0 Å². The second kappa shape index (κ2) is 4.94. The first-order valence-corrected chi connectivity index (χ1v) is 5.50. The first-order chi connectivity index (χ1) is 7.78. The summed E-state index contributed by atoms with van der Waals surface area (Å²) in [6.45, 7) is 3.51. The van der Waals surface area contributed by atoms with Crippen LogP contribution in [0.5, 0.6) is 0 Å². The van der Waals surface area contributed by atoms with Gasteiger partial charge in [0.05, 0.1) is 12.2 Å². The van der Waals surface area contributed by atoms with E-state index in [0.29, 0.717) is 6.54 Å². The Kier molecular flexibility index (Phi) is 3.36.